The summed E-state index contributed by atoms with van der Waals surface area (Å²) >= 11 is 5.84. The maximum absolute atomic E-state index is 11.6. The Kier molecular flexibility index (Phi) is 3.77. The molecular formula is C12H12ClN3O. The Morgan fingerprint density at radius 3 is 3.00 bits per heavy atom. The van der Waals surface area contributed by atoms with Gasteiger partial charge in [-0.3, -0.25) is 9.89 Å². The SMILES string of the molecule is O=C(Cc1cccc(Cl)c1)NCc1ccn[nH]1. The Balaban J connectivity index is 1.85. The second kappa shape index (κ2) is 5.50. The van der Waals surface area contributed by atoms with Gasteiger partial charge in [0.25, 0.3) is 0 Å². The van der Waals surface area contributed by atoms with Crippen molar-refractivity contribution in [3.05, 3.63) is 52.8 Å². The normalized spacial score (nSPS) is 10.2. The fraction of sp³-hybridized carbons (Fsp3) is 0.167. The first kappa shape index (κ1) is 11.7. The lowest BCUT2D eigenvalue weighted by molar-refractivity contribution is -0.120. The number of carbonyl (C=O) groups is 1. The molecule has 0 atom stereocenters. The first-order valence-electron chi connectivity index (χ1n) is 5.23. The van der Waals surface area contributed by atoms with Crippen LogP contribution in [0.1, 0.15) is 11.3 Å². The van der Waals surface area contributed by atoms with Gasteiger partial charge >= 0.3 is 0 Å². The minimum absolute atomic E-state index is 0.0399. The second-order valence-electron chi connectivity index (χ2n) is 3.67. The summed E-state index contributed by atoms with van der Waals surface area (Å²) < 4.78 is 0. The monoisotopic (exact) mass is 249 g/mol. The number of H-pyrrole nitrogens is 1. The molecule has 0 aliphatic heterocycles. The number of nitrogens with one attached hydrogen (secondary N) is 2. The maximum atomic E-state index is 11.6. The standard InChI is InChI=1S/C12H12ClN3O/c13-10-3-1-2-9(6-10)7-12(17)14-8-11-4-5-15-16-11/h1-6H,7-8H2,(H,14,17)(H,15,16). The topological polar surface area (TPSA) is 57.8 Å². The molecule has 88 valence electrons. The van der Waals surface area contributed by atoms with Gasteiger partial charge in [-0.25, -0.2) is 0 Å². The van der Waals surface area contributed by atoms with E-state index in [1.54, 1.807) is 18.3 Å². The largest absolute Gasteiger partial charge is 0.350 e. The minimum Gasteiger partial charge on any atom is -0.350 e. The Labute approximate surface area is 104 Å². The Morgan fingerprint density at radius 1 is 1.41 bits per heavy atom. The lowest BCUT2D eigenvalue weighted by Gasteiger charge is -2.04. The van der Waals surface area contributed by atoms with Crippen LogP contribution in [-0.4, -0.2) is 16.1 Å². The van der Waals surface area contributed by atoms with Crippen LogP contribution < -0.4 is 5.32 Å². The quantitative estimate of drug-likeness (QED) is 0.870. The van der Waals surface area contributed by atoms with E-state index in [1.807, 2.05) is 18.2 Å². The molecule has 0 fully saturated rings. The molecule has 0 bridgehead atoms. The van der Waals surface area contributed by atoms with E-state index in [0.717, 1.165) is 11.3 Å². The van der Waals surface area contributed by atoms with E-state index in [0.29, 0.717) is 18.0 Å². The number of benzene rings is 1. The molecule has 2 N–H and O–H groups in total. The number of rotatable bonds is 4. The summed E-state index contributed by atoms with van der Waals surface area (Å²) in [5.74, 6) is -0.0399. The summed E-state index contributed by atoms with van der Waals surface area (Å²) in [6, 6.07) is 9.10. The third kappa shape index (κ3) is 3.60. The summed E-state index contributed by atoms with van der Waals surface area (Å²) in [5.41, 5.74) is 1.78. The second-order valence-corrected chi connectivity index (χ2v) is 4.10. The van der Waals surface area contributed by atoms with E-state index in [2.05, 4.69) is 15.5 Å². The number of hydrogen-bond donors (Lipinski definition) is 2. The van der Waals surface area contributed by atoms with Gasteiger partial charge in [0.15, 0.2) is 0 Å². The lowest BCUT2D eigenvalue weighted by Crippen LogP contribution is -2.24. The smallest absolute Gasteiger partial charge is 0.224 e. The fourth-order valence-corrected chi connectivity index (χ4v) is 1.68. The zero-order valence-electron chi connectivity index (χ0n) is 9.11. The van der Waals surface area contributed by atoms with Crippen LogP contribution in [0.2, 0.25) is 5.02 Å². The van der Waals surface area contributed by atoms with E-state index in [4.69, 9.17) is 11.6 Å². The van der Waals surface area contributed by atoms with Crippen LogP contribution in [0.3, 0.4) is 0 Å². The zero-order chi connectivity index (χ0) is 12.1. The third-order valence-electron chi connectivity index (χ3n) is 2.29. The predicted molar refractivity (Wildman–Crippen MR) is 65.6 cm³/mol. The Bertz CT molecular complexity index is 496. The van der Waals surface area contributed by atoms with E-state index in [9.17, 15) is 4.79 Å². The van der Waals surface area contributed by atoms with Gasteiger partial charge in [0.05, 0.1) is 18.7 Å². The van der Waals surface area contributed by atoms with Gasteiger partial charge < -0.3 is 5.32 Å². The fourth-order valence-electron chi connectivity index (χ4n) is 1.47. The minimum atomic E-state index is -0.0399. The van der Waals surface area contributed by atoms with Gasteiger partial charge in [0.1, 0.15) is 0 Å². The van der Waals surface area contributed by atoms with Gasteiger partial charge in [-0.1, -0.05) is 23.7 Å². The molecule has 1 aromatic heterocycles. The molecule has 0 aliphatic carbocycles. The average molecular weight is 250 g/mol. The summed E-state index contributed by atoms with van der Waals surface area (Å²) in [6.45, 7) is 0.458. The number of hydrogen-bond acceptors (Lipinski definition) is 2. The first-order chi connectivity index (χ1) is 8.24. The van der Waals surface area contributed by atoms with Crippen LogP contribution >= 0.6 is 11.6 Å². The van der Waals surface area contributed by atoms with Crippen LogP contribution in [0, 0.1) is 0 Å². The molecule has 2 aromatic rings. The molecule has 17 heavy (non-hydrogen) atoms. The molecule has 0 spiro atoms. The van der Waals surface area contributed by atoms with Gasteiger partial charge in [-0.2, -0.15) is 5.10 Å². The van der Waals surface area contributed by atoms with E-state index in [-0.39, 0.29) is 5.91 Å². The van der Waals surface area contributed by atoms with E-state index >= 15 is 0 Å². The van der Waals surface area contributed by atoms with Crippen molar-refractivity contribution in [1.82, 2.24) is 15.5 Å². The number of aromatic amines is 1. The number of carbonyl (C=O) groups excluding carboxylic acids is 1. The van der Waals surface area contributed by atoms with Crippen LogP contribution in [0.15, 0.2) is 36.5 Å². The van der Waals surface area contributed by atoms with Crippen LogP contribution in [0.5, 0.6) is 0 Å². The van der Waals surface area contributed by atoms with Crippen molar-refractivity contribution in [2.75, 3.05) is 0 Å². The van der Waals surface area contributed by atoms with Crippen molar-refractivity contribution in [2.45, 2.75) is 13.0 Å². The molecule has 0 radical (unpaired) electrons. The number of nitrogens with zero attached hydrogens (tertiary/aromatic N) is 1. The molecule has 1 heterocycles. The summed E-state index contributed by atoms with van der Waals surface area (Å²) in [5, 5.41) is 10.0. The summed E-state index contributed by atoms with van der Waals surface area (Å²) in [6.07, 6.45) is 1.98. The number of aromatic nitrogens is 2. The van der Waals surface area contributed by atoms with Crippen molar-refractivity contribution < 1.29 is 4.79 Å². The summed E-state index contributed by atoms with van der Waals surface area (Å²) in [4.78, 5) is 11.6. The predicted octanol–water partition coefficient (Wildman–Crippen LogP) is 1.92. The van der Waals surface area contributed by atoms with Crippen LogP contribution in [-0.2, 0) is 17.8 Å². The van der Waals surface area contributed by atoms with Crippen LogP contribution in [0.4, 0.5) is 0 Å². The molecule has 2 rings (SSSR count). The molecule has 0 saturated heterocycles. The molecule has 1 aromatic carbocycles. The van der Waals surface area contributed by atoms with Gasteiger partial charge in [0, 0.05) is 11.2 Å². The van der Waals surface area contributed by atoms with Gasteiger partial charge in [-0.15, -0.1) is 0 Å². The average Bonchev–Trinajstić information content (AvgIpc) is 2.79. The number of amides is 1. The molecule has 0 unspecified atom stereocenters. The highest BCUT2D eigenvalue weighted by atomic mass is 35.5. The van der Waals surface area contributed by atoms with E-state index < -0.39 is 0 Å². The van der Waals surface area contributed by atoms with Crippen molar-refractivity contribution >= 4 is 17.5 Å². The van der Waals surface area contributed by atoms with Crippen molar-refractivity contribution in [3.63, 3.8) is 0 Å². The molecule has 4 nitrogen and oxygen atoms in total. The van der Waals surface area contributed by atoms with E-state index in [1.165, 1.54) is 0 Å². The third-order valence-corrected chi connectivity index (χ3v) is 2.52. The number of halogens is 1. The molecule has 0 saturated carbocycles. The molecular weight excluding hydrogens is 238 g/mol. The lowest BCUT2D eigenvalue weighted by atomic mass is 10.1. The Hall–Kier alpha value is -1.81. The molecule has 0 aliphatic rings. The highest BCUT2D eigenvalue weighted by Gasteiger charge is 2.04. The summed E-state index contributed by atoms with van der Waals surface area (Å²) in [7, 11) is 0. The van der Waals surface area contributed by atoms with Crippen molar-refractivity contribution in [1.29, 1.82) is 0 Å². The first-order valence-corrected chi connectivity index (χ1v) is 5.61. The highest BCUT2D eigenvalue weighted by molar-refractivity contribution is 6.30. The van der Waals surface area contributed by atoms with Gasteiger partial charge in [-0.05, 0) is 23.8 Å². The highest BCUT2D eigenvalue weighted by Crippen LogP contribution is 2.10. The van der Waals surface area contributed by atoms with Gasteiger partial charge in [0.2, 0.25) is 5.91 Å². The molecule has 5 heteroatoms. The van der Waals surface area contributed by atoms with Crippen molar-refractivity contribution in [2.24, 2.45) is 0 Å². The van der Waals surface area contributed by atoms with Crippen LogP contribution in [0.25, 0.3) is 0 Å². The van der Waals surface area contributed by atoms with Crippen molar-refractivity contribution in [3.8, 4) is 0 Å². The zero-order valence-corrected chi connectivity index (χ0v) is 9.87. The maximum Gasteiger partial charge on any atom is 0.224 e. The molecule has 1 amide bonds. The Morgan fingerprint density at radius 2 is 2.29 bits per heavy atom.